The van der Waals surface area contributed by atoms with Crippen molar-refractivity contribution >= 4 is 29.4 Å². The molecule has 0 unspecified atom stereocenters. The molecule has 1 amide bonds. The van der Waals surface area contributed by atoms with Crippen molar-refractivity contribution in [3.05, 3.63) is 69.2 Å². The molecule has 10 nitrogen and oxygen atoms in total. The van der Waals surface area contributed by atoms with Gasteiger partial charge in [-0.2, -0.15) is 9.90 Å². The average Bonchev–Trinajstić information content (AvgIpc) is 3.10. The van der Waals surface area contributed by atoms with Gasteiger partial charge < -0.3 is 0 Å². The standard InChI is InChI=1S/C16H12ClN7O3/c17-14-4-2-1-3-13(14)16-20-22-23(21-16)10-15(25)19-18-9-11-5-7-12(8-6-11)24(26)27/h1-9H,10H2,(H,19,25)/b18-9-. The van der Waals surface area contributed by atoms with Crippen LogP contribution in [0.4, 0.5) is 5.69 Å². The molecular weight excluding hydrogens is 374 g/mol. The van der Waals surface area contributed by atoms with Crippen LogP contribution in [0.15, 0.2) is 53.6 Å². The van der Waals surface area contributed by atoms with Crippen molar-refractivity contribution in [1.29, 1.82) is 0 Å². The number of rotatable bonds is 6. The zero-order chi connectivity index (χ0) is 19.2. The molecule has 0 spiro atoms. The number of benzene rings is 2. The SMILES string of the molecule is O=C(Cn1nnc(-c2ccccc2Cl)n1)N/N=C\c1ccc([N+](=O)[O-])cc1. The molecule has 0 aliphatic carbocycles. The summed E-state index contributed by atoms with van der Waals surface area (Å²) in [6.07, 6.45) is 1.37. The van der Waals surface area contributed by atoms with Crippen LogP contribution >= 0.6 is 11.6 Å². The number of amides is 1. The molecule has 0 saturated carbocycles. The molecular formula is C16H12ClN7O3. The van der Waals surface area contributed by atoms with E-state index in [0.29, 0.717) is 22.0 Å². The lowest BCUT2D eigenvalue weighted by molar-refractivity contribution is -0.384. The second-order valence-electron chi connectivity index (χ2n) is 5.27. The topological polar surface area (TPSA) is 128 Å². The van der Waals surface area contributed by atoms with Gasteiger partial charge >= 0.3 is 0 Å². The lowest BCUT2D eigenvalue weighted by Gasteiger charge is -1.99. The van der Waals surface area contributed by atoms with Crippen LogP contribution in [-0.4, -0.2) is 37.3 Å². The lowest BCUT2D eigenvalue weighted by atomic mass is 10.2. The number of nitro groups is 1. The van der Waals surface area contributed by atoms with Crippen molar-refractivity contribution in [2.45, 2.75) is 6.54 Å². The third-order valence-electron chi connectivity index (χ3n) is 3.36. The van der Waals surface area contributed by atoms with Crippen LogP contribution in [0, 0.1) is 10.1 Å². The van der Waals surface area contributed by atoms with Gasteiger partial charge in [0.25, 0.3) is 11.6 Å². The highest BCUT2D eigenvalue weighted by atomic mass is 35.5. The zero-order valence-electron chi connectivity index (χ0n) is 13.7. The van der Waals surface area contributed by atoms with Gasteiger partial charge in [0.1, 0.15) is 6.54 Å². The smallest absolute Gasteiger partial charge is 0.269 e. The number of carbonyl (C=O) groups excluding carboxylic acids is 1. The highest BCUT2D eigenvalue weighted by molar-refractivity contribution is 6.33. The van der Waals surface area contributed by atoms with Gasteiger partial charge in [-0.3, -0.25) is 14.9 Å². The predicted molar refractivity (Wildman–Crippen MR) is 97.1 cm³/mol. The maximum atomic E-state index is 11.9. The van der Waals surface area contributed by atoms with E-state index in [1.165, 1.54) is 30.5 Å². The number of nitrogens with one attached hydrogen (secondary N) is 1. The van der Waals surface area contributed by atoms with Crippen molar-refractivity contribution in [2.24, 2.45) is 5.10 Å². The zero-order valence-corrected chi connectivity index (χ0v) is 14.4. The summed E-state index contributed by atoms with van der Waals surface area (Å²) in [5.41, 5.74) is 3.51. The lowest BCUT2D eigenvalue weighted by Crippen LogP contribution is -2.24. The number of carbonyl (C=O) groups is 1. The predicted octanol–water partition coefficient (Wildman–Crippen LogP) is 2.05. The van der Waals surface area contributed by atoms with Gasteiger partial charge in [-0.25, -0.2) is 5.43 Å². The maximum absolute atomic E-state index is 11.9. The molecule has 0 aliphatic heterocycles. The fourth-order valence-corrected chi connectivity index (χ4v) is 2.31. The van der Waals surface area contributed by atoms with E-state index in [-0.39, 0.29) is 12.2 Å². The summed E-state index contributed by atoms with van der Waals surface area (Å²) in [6.45, 7) is -0.185. The van der Waals surface area contributed by atoms with Gasteiger partial charge in [-0.05, 0) is 35.0 Å². The van der Waals surface area contributed by atoms with Crippen molar-refractivity contribution in [1.82, 2.24) is 25.6 Å². The summed E-state index contributed by atoms with van der Waals surface area (Å²) in [5, 5.41) is 26.6. The normalized spacial score (nSPS) is 10.9. The van der Waals surface area contributed by atoms with E-state index in [2.05, 4.69) is 25.9 Å². The van der Waals surface area contributed by atoms with E-state index in [4.69, 9.17) is 11.6 Å². The summed E-state index contributed by atoms with van der Waals surface area (Å²) >= 11 is 6.07. The molecule has 0 atom stereocenters. The van der Waals surface area contributed by atoms with Crippen LogP contribution in [0.1, 0.15) is 5.56 Å². The van der Waals surface area contributed by atoms with E-state index in [0.717, 1.165) is 4.80 Å². The summed E-state index contributed by atoms with van der Waals surface area (Å²) in [4.78, 5) is 23.1. The van der Waals surface area contributed by atoms with E-state index in [1.54, 1.807) is 24.3 Å². The molecule has 1 N–H and O–H groups in total. The van der Waals surface area contributed by atoms with Gasteiger partial charge in [0, 0.05) is 17.7 Å². The highest BCUT2D eigenvalue weighted by Crippen LogP contribution is 2.23. The molecule has 0 aliphatic rings. The van der Waals surface area contributed by atoms with Crippen molar-refractivity contribution < 1.29 is 9.72 Å². The van der Waals surface area contributed by atoms with Crippen LogP contribution in [0.3, 0.4) is 0 Å². The Balaban J connectivity index is 1.57. The third-order valence-corrected chi connectivity index (χ3v) is 3.69. The second-order valence-corrected chi connectivity index (χ2v) is 5.67. The molecule has 27 heavy (non-hydrogen) atoms. The first-order chi connectivity index (χ1) is 13.0. The van der Waals surface area contributed by atoms with Gasteiger partial charge in [-0.15, -0.1) is 10.2 Å². The van der Waals surface area contributed by atoms with Gasteiger partial charge in [0.15, 0.2) is 0 Å². The Morgan fingerprint density at radius 3 is 2.70 bits per heavy atom. The minimum absolute atomic E-state index is 0.0252. The summed E-state index contributed by atoms with van der Waals surface area (Å²) in [7, 11) is 0. The van der Waals surface area contributed by atoms with Crippen molar-refractivity contribution in [2.75, 3.05) is 0 Å². The van der Waals surface area contributed by atoms with E-state index in [1.807, 2.05) is 0 Å². The second kappa shape index (κ2) is 8.15. The van der Waals surface area contributed by atoms with Gasteiger partial charge in [0.2, 0.25) is 5.82 Å². The van der Waals surface area contributed by atoms with Crippen LogP contribution in [0.25, 0.3) is 11.4 Å². The number of halogens is 1. The Morgan fingerprint density at radius 1 is 1.26 bits per heavy atom. The fraction of sp³-hybridized carbons (Fsp3) is 0.0625. The minimum Gasteiger partial charge on any atom is -0.271 e. The minimum atomic E-state index is -0.495. The summed E-state index contributed by atoms with van der Waals surface area (Å²) in [5.74, 6) is -0.154. The first-order valence-corrected chi connectivity index (χ1v) is 8.00. The quantitative estimate of drug-likeness (QED) is 0.393. The first-order valence-electron chi connectivity index (χ1n) is 7.62. The highest BCUT2D eigenvalue weighted by Gasteiger charge is 2.11. The summed E-state index contributed by atoms with van der Waals surface area (Å²) in [6, 6.07) is 12.8. The van der Waals surface area contributed by atoms with Crippen LogP contribution < -0.4 is 5.43 Å². The average molecular weight is 386 g/mol. The Kier molecular flexibility index (Phi) is 5.47. The van der Waals surface area contributed by atoms with Gasteiger partial charge in [0.05, 0.1) is 16.2 Å². The molecule has 1 aromatic heterocycles. The van der Waals surface area contributed by atoms with Crippen LogP contribution in [0.5, 0.6) is 0 Å². The molecule has 3 aromatic rings. The Hall–Kier alpha value is -3.66. The number of nitro benzene ring substituents is 1. The molecule has 136 valence electrons. The molecule has 11 heteroatoms. The molecule has 0 saturated heterocycles. The number of hydrogen-bond donors (Lipinski definition) is 1. The van der Waals surface area contributed by atoms with Crippen molar-refractivity contribution in [3.8, 4) is 11.4 Å². The van der Waals surface area contributed by atoms with E-state index < -0.39 is 10.8 Å². The monoisotopic (exact) mass is 385 g/mol. The molecule has 0 radical (unpaired) electrons. The number of aromatic nitrogens is 4. The fourth-order valence-electron chi connectivity index (χ4n) is 2.09. The van der Waals surface area contributed by atoms with Gasteiger partial charge in [-0.1, -0.05) is 23.7 Å². The molecule has 1 heterocycles. The largest absolute Gasteiger partial charge is 0.271 e. The Labute approximate surface area is 157 Å². The number of non-ortho nitro benzene ring substituents is 1. The number of hydrogen-bond acceptors (Lipinski definition) is 7. The Morgan fingerprint density at radius 2 is 2.00 bits per heavy atom. The number of tetrazole rings is 1. The van der Waals surface area contributed by atoms with E-state index >= 15 is 0 Å². The number of nitrogens with zero attached hydrogens (tertiary/aromatic N) is 6. The third kappa shape index (κ3) is 4.70. The maximum Gasteiger partial charge on any atom is 0.269 e. The van der Waals surface area contributed by atoms with Crippen LogP contribution in [-0.2, 0) is 11.3 Å². The molecule has 0 bridgehead atoms. The Bertz CT molecular complexity index is 1000. The molecule has 3 rings (SSSR count). The molecule has 2 aromatic carbocycles. The number of hydrazone groups is 1. The van der Waals surface area contributed by atoms with Crippen molar-refractivity contribution in [3.63, 3.8) is 0 Å². The molecule has 0 fully saturated rings. The summed E-state index contributed by atoms with van der Waals surface area (Å²) < 4.78 is 0. The van der Waals surface area contributed by atoms with E-state index in [9.17, 15) is 14.9 Å². The van der Waals surface area contributed by atoms with Crippen LogP contribution in [0.2, 0.25) is 5.02 Å². The first kappa shape index (κ1) is 18.1.